The van der Waals surface area contributed by atoms with Crippen molar-refractivity contribution in [2.45, 2.75) is 103 Å². The average Bonchev–Trinajstić information content (AvgIpc) is 2.73. The SMILES string of the molecule is CCC[CH2][Sn]([CH2]CCC)([CH2]CCC)[CH](C(=O)OC(C)(C)C)c1ccc(C(=O)OC)cc1. The van der Waals surface area contributed by atoms with Gasteiger partial charge in [-0.2, -0.15) is 0 Å². The van der Waals surface area contributed by atoms with Crippen molar-refractivity contribution in [3.05, 3.63) is 35.4 Å². The summed E-state index contributed by atoms with van der Waals surface area (Å²) in [6.07, 6.45) is 7.01. The first-order valence-corrected chi connectivity index (χ1v) is 19.8. The Morgan fingerprint density at radius 3 is 1.68 bits per heavy atom. The van der Waals surface area contributed by atoms with Gasteiger partial charge in [0.2, 0.25) is 0 Å². The molecule has 1 aromatic carbocycles. The van der Waals surface area contributed by atoms with E-state index in [1.54, 1.807) is 12.1 Å². The van der Waals surface area contributed by atoms with Crippen LogP contribution >= 0.6 is 0 Å². The van der Waals surface area contributed by atoms with E-state index in [-0.39, 0.29) is 15.9 Å². The summed E-state index contributed by atoms with van der Waals surface area (Å²) in [5, 5.41) is 0. The molecule has 0 bridgehead atoms. The van der Waals surface area contributed by atoms with E-state index in [0.29, 0.717) is 5.56 Å². The molecule has 0 fully saturated rings. The molecule has 0 aliphatic rings. The van der Waals surface area contributed by atoms with Crippen LogP contribution in [0.1, 0.15) is 99.9 Å². The van der Waals surface area contributed by atoms with Crippen molar-refractivity contribution in [3.8, 4) is 0 Å². The maximum absolute atomic E-state index is 13.7. The second kappa shape index (κ2) is 13.5. The first-order valence-electron chi connectivity index (χ1n) is 12.0. The van der Waals surface area contributed by atoms with Crippen molar-refractivity contribution in [1.82, 2.24) is 0 Å². The average molecular weight is 539 g/mol. The summed E-state index contributed by atoms with van der Waals surface area (Å²) < 4.78 is 14.4. The summed E-state index contributed by atoms with van der Waals surface area (Å²) in [6.45, 7) is 12.6. The summed E-state index contributed by atoms with van der Waals surface area (Å²) in [7, 11) is 1.39. The van der Waals surface area contributed by atoms with Crippen LogP contribution in [0.25, 0.3) is 0 Å². The van der Waals surface area contributed by atoms with Gasteiger partial charge < -0.3 is 0 Å². The van der Waals surface area contributed by atoms with E-state index in [1.165, 1.54) is 39.7 Å². The molecular weight excluding hydrogens is 495 g/mol. The van der Waals surface area contributed by atoms with Gasteiger partial charge in [-0.05, 0) is 0 Å². The van der Waals surface area contributed by atoms with E-state index < -0.39 is 24.0 Å². The second-order valence-electron chi connectivity index (χ2n) is 9.75. The standard InChI is InChI=1S/C14H17O4.3C4H9.Sn/c1-14(2,3)18-12(15)9-10-5-7-11(8-6-10)13(16)17-4;3*1-3-4-2;/h5-9H,1-4H3;3*1,3-4H2,2H3;. The van der Waals surface area contributed by atoms with E-state index >= 15 is 0 Å². The zero-order chi connectivity index (χ0) is 23.5. The minimum absolute atomic E-state index is 0.0579. The molecule has 0 saturated heterocycles. The monoisotopic (exact) mass is 540 g/mol. The third kappa shape index (κ3) is 8.78. The Morgan fingerprint density at radius 1 is 0.871 bits per heavy atom. The van der Waals surface area contributed by atoms with Crippen molar-refractivity contribution in [2.24, 2.45) is 0 Å². The third-order valence-electron chi connectivity index (χ3n) is 6.00. The molecule has 1 rings (SSSR count). The number of hydrogen-bond acceptors (Lipinski definition) is 4. The van der Waals surface area contributed by atoms with Crippen LogP contribution in [0.2, 0.25) is 13.3 Å². The van der Waals surface area contributed by atoms with E-state index in [4.69, 9.17) is 9.47 Å². The number of rotatable bonds is 13. The fraction of sp³-hybridized carbons (Fsp3) is 0.692. The second-order valence-corrected chi connectivity index (χ2v) is 23.5. The molecule has 0 radical (unpaired) electrons. The van der Waals surface area contributed by atoms with Crippen molar-refractivity contribution in [1.29, 1.82) is 0 Å². The van der Waals surface area contributed by atoms with Crippen LogP contribution in [-0.4, -0.2) is 43.0 Å². The molecule has 0 aliphatic carbocycles. The van der Waals surface area contributed by atoms with Crippen molar-refractivity contribution < 1.29 is 19.1 Å². The third-order valence-corrected chi connectivity index (χ3v) is 22.7. The van der Waals surface area contributed by atoms with Gasteiger partial charge in [0, 0.05) is 0 Å². The molecule has 0 amide bonds. The number of carbonyl (C=O) groups excluding carboxylic acids is 2. The summed E-state index contributed by atoms with van der Waals surface area (Å²) in [4.78, 5) is 25.6. The van der Waals surface area contributed by atoms with Crippen LogP contribution < -0.4 is 0 Å². The summed E-state index contributed by atoms with van der Waals surface area (Å²) >= 11 is -3.00. The quantitative estimate of drug-likeness (QED) is 0.195. The molecule has 176 valence electrons. The Labute approximate surface area is 194 Å². The first-order chi connectivity index (χ1) is 14.6. The van der Waals surface area contributed by atoms with Crippen LogP contribution in [0, 0.1) is 0 Å². The Balaban J connectivity index is 3.55. The molecule has 0 aromatic heterocycles. The Kier molecular flexibility index (Phi) is 12.2. The number of benzene rings is 1. The van der Waals surface area contributed by atoms with Gasteiger partial charge in [-0.25, -0.2) is 0 Å². The number of ether oxygens (including phenoxy) is 2. The van der Waals surface area contributed by atoms with Crippen molar-refractivity contribution >= 4 is 30.3 Å². The molecular formula is C26H44O4Sn. The van der Waals surface area contributed by atoms with E-state index in [9.17, 15) is 9.59 Å². The van der Waals surface area contributed by atoms with Gasteiger partial charge in [-0.15, -0.1) is 0 Å². The fourth-order valence-electron chi connectivity index (χ4n) is 4.42. The minimum atomic E-state index is -3.00. The number of unbranched alkanes of at least 4 members (excludes halogenated alkanes) is 3. The van der Waals surface area contributed by atoms with Gasteiger partial charge in [-0.1, -0.05) is 0 Å². The van der Waals surface area contributed by atoms with Crippen LogP contribution in [0.3, 0.4) is 0 Å². The van der Waals surface area contributed by atoms with E-state index in [2.05, 4.69) is 20.8 Å². The van der Waals surface area contributed by atoms with Crippen molar-refractivity contribution in [3.63, 3.8) is 0 Å². The Hall–Kier alpha value is -1.04. The predicted molar refractivity (Wildman–Crippen MR) is 131 cm³/mol. The van der Waals surface area contributed by atoms with Gasteiger partial charge in [0.1, 0.15) is 0 Å². The number of esters is 2. The summed E-state index contributed by atoms with van der Waals surface area (Å²) in [6, 6.07) is 7.54. The van der Waals surface area contributed by atoms with Crippen molar-refractivity contribution in [2.75, 3.05) is 7.11 Å². The number of hydrogen-bond donors (Lipinski definition) is 0. The van der Waals surface area contributed by atoms with Crippen LogP contribution in [-0.2, 0) is 14.3 Å². The molecule has 1 atom stereocenters. The predicted octanol–water partition coefficient (Wildman–Crippen LogP) is 7.29. The fourth-order valence-corrected chi connectivity index (χ4v) is 22.3. The van der Waals surface area contributed by atoms with Gasteiger partial charge in [-0.3, -0.25) is 0 Å². The normalized spacial score (nSPS) is 13.0. The number of carbonyl (C=O) groups is 2. The van der Waals surface area contributed by atoms with Crippen LogP contribution in [0.4, 0.5) is 0 Å². The molecule has 0 heterocycles. The summed E-state index contributed by atoms with van der Waals surface area (Å²) in [5.41, 5.74) is 1.03. The van der Waals surface area contributed by atoms with Crippen LogP contribution in [0.15, 0.2) is 24.3 Å². The van der Waals surface area contributed by atoms with Gasteiger partial charge >= 0.3 is 195 Å². The Morgan fingerprint density at radius 2 is 1.32 bits per heavy atom. The molecule has 4 nitrogen and oxygen atoms in total. The molecule has 0 spiro atoms. The maximum atomic E-state index is 13.7. The molecule has 1 unspecified atom stereocenters. The van der Waals surface area contributed by atoms with Gasteiger partial charge in [0.25, 0.3) is 0 Å². The van der Waals surface area contributed by atoms with Gasteiger partial charge in [0.15, 0.2) is 0 Å². The zero-order valence-corrected chi connectivity index (χ0v) is 23.7. The molecule has 0 N–H and O–H groups in total. The first kappa shape index (κ1) is 28.0. The van der Waals surface area contributed by atoms with E-state index in [1.807, 2.05) is 32.9 Å². The zero-order valence-electron chi connectivity index (χ0n) is 20.9. The molecule has 0 aliphatic heterocycles. The topological polar surface area (TPSA) is 52.6 Å². The van der Waals surface area contributed by atoms with Crippen LogP contribution in [0.5, 0.6) is 0 Å². The molecule has 31 heavy (non-hydrogen) atoms. The molecule has 0 saturated carbocycles. The van der Waals surface area contributed by atoms with E-state index in [0.717, 1.165) is 24.8 Å². The van der Waals surface area contributed by atoms with Gasteiger partial charge in [0.05, 0.1) is 0 Å². The Bertz CT molecular complexity index is 654. The summed E-state index contributed by atoms with van der Waals surface area (Å²) in [5.74, 6) is -0.407. The number of methoxy groups -OCH3 is 1. The molecule has 1 aromatic rings. The molecule has 5 heteroatoms.